The van der Waals surface area contributed by atoms with Crippen molar-refractivity contribution in [2.75, 3.05) is 11.4 Å². The molecule has 4 rings (SSSR count). The molecule has 2 saturated heterocycles. The lowest BCUT2D eigenvalue weighted by Gasteiger charge is -2.40. The molecule has 1 aromatic carbocycles. The van der Waals surface area contributed by atoms with Gasteiger partial charge in [-0.15, -0.1) is 0 Å². The molecule has 14 heteroatoms. The number of piperidine rings is 1. The molecule has 218 valence electrons. The standard InChI is InChI=1S/C26H27ClF6N4O3/c1-24(2,40-20-7-4-15(9-19(20)27)26(31,32)33)23(39)36-16-10-17-5-6-18(11-16)37(17)21-8-3-14(12-34-21)22(38)35-13-25(28,29)30/h3-4,7-9,12,16-18H,5-6,10-11,13H2,1-2H3,(H,35,38)(H,36,39)/t16?,17-,18+. The van der Waals surface area contributed by atoms with Crippen LogP contribution in [0.5, 0.6) is 5.75 Å². The number of anilines is 1. The van der Waals surface area contributed by atoms with Crippen LogP contribution in [0.25, 0.3) is 0 Å². The molecule has 2 bridgehead atoms. The number of hydrogen-bond acceptors (Lipinski definition) is 5. The van der Waals surface area contributed by atoms with Crippen LogP contribution in [-0.4, -0.2) is 53.2 Å². The lowest BCUT2D eigenvalue weighted by atomic mass is 9.96. The lowest BCUT2D eigenvalue weighted by Crippen LogP contribution is -2.55. The van der Waals surface area contributed by atoms with Crippen LogP contribution in [0.2, 0.25) is 5.02 Å². The van der Waals surface area contributed by atoms with Crippen molar-refractivity contribution in [2.24, 2.45) is 0 Å². The molecule has 1 aromatic heterocycles. The fraction of sp³-hybridized carbons (Fsp3) is 0.500. The highest BCUT2D eigenvalue weighted by Gasteiger charge is 2.43. The predicted molar refractivity (Wildman–Crippen MR) is 134 cm³/mol. The molecule has 2 aliphatic rings. The zero-order chi connectivity index (χ0) is 29.5. The van der Waals surface area contributed by atoms with E-state index in [0.29, 0.717) is 18.7 Å². The first-order valence-corrected chi connectivity index (χ1v) is 12.9. The smallest absolute Gasteiger partial charge is 0.416 e. The van der Waals surface area contributed by atoms with E-state index in [1.807, 2.05) is 5.32 Å². The van der Waals surface area contributed by atoms with Gasteiger partial charge in [0.15, 0.2) is 5.60 Å². The third-order valence-electron chi connectivity index (χ3n) is 6.96. The number of alkyl halides is 6. The van der Waals surface area contributed by atoms with E-state index in [1.165, 1.54) is 26.1 Å². The molecule has 3 heterocycles. The van der Waals surface area contributed by atoms with Gasteiger partial charge in [0.05, 0.1) is 16.1 Å². The van der Waals surface area contributed by atoms with E-state index in [0.717, 1.165) is 31.0 Å². The number of pyridine rings is 1. The molecule has 0 saturated carbocycles. The maximum atomic E-state index is 13.1. The topological polar surface area (TPSA) is 83.6 Å². The van der Waals surface area contributed by atoms with Gasteiger partial charge in [0.2, 0.25) is 0 Å². The molecule has 7 nitrogen and oxygen atoms in total. The first kappa shape index (κ1) is 29.8. The molecule has 2 aliphatic heterocycles. The number of carbonyl (C=O) groups excluding carboxylic acids is 2. The van der Waals surface area contributed by atoms with Crippen LogP contribution in [0.1, 0.15) is 55.5 Å². The second-order valence-electron chi connectivity index (χ2n) is 10.4. The number of rotatable bonds is 7. The summed E-state index contributed by atoms with van der Waals surface area (Å²) >= 11 is 5.98. The van der Waals surface area contributed by atoms with Gasteiger partial charge in [-0.25, -0.2) is 4.98 Å². The SMILES string of the molecule is CC(C)(Oc1ccc(C(F)(F)F)cc1Cl)C(=O)NC1C[C@H]2CC[C@@H](C1)N2c1ccc(C(=O)NCC(F)(F)F)cn1. The van der Waals surface area contributed by atoms with Crippen molar-refractivity contribution in [3.8, 4) is 5.75 Å². The summed E-state index contributed by atoms with van der Waals surface area (Å²) in [6, 6.07) is 5.55. The monoisotopic (exact) mass is 592 g/mol. The predicted octanol–water partition coefficient (Wildman–Crippen LogP) is 5.52. The van der Waals surface area contributed by atoms with Crippen molar-refractivity contribution in [1.82, 2.24) is 15.6 Å². The molecular weight excluding hydrogens is 566 g/mol. The molecular formula is C26H27ClF6N4O3. The quantitative estimate of drug-likeness (QED) is 0.414. The lowest BCUT2D eigenvalue weighted by molar-refractivity contribution is -0.138. The maximum absolute atomic E-state index is 13.1. The van der Waals surface area contributed by atoms with Crippen LogP contribution < -0.4 is 20.3 Å². The second-order valence-corrected chi connectivity index (χ2v) is 10.8. The average molecular weight is 593 g/mol. The Hall–Kier alpha value is -3.22. The molecule has 3 atom stereocenters. The molecule has 2 aromatic rings. The summed E-state index contributed by atoms with van der Waals surface area (Å²) in [4.78, 5) is 31.5. The number of amides is 2. The Kier molecular flexibility index (Phi) is 8.17. The van der Waals surface area contributed by atoms with Crippen molar-refractivity contribution < 1.29 is 40.7 Å². The number of hydrogen-bond donors (Lipinski definition) is 2. The van der Waals surface area contributed by atoms with Gasteiger partial charge in [0, 0.05) is 24.3 Å². The van der Waals surface area contributed by atoms with Crippen LogP contribution in [-0.2, 0) is 11.0 Å². The fourth-order valence-electron chi connectivity index (χ4n) is 5.07. The molecule has 2 fully saturated rings. The minimum absolute atomic E-state index is 0.0119. The number of benzene rings is 1. The minimum atomic E-state index is -4.56. The number of aromatic nitrogens is 1. The van der Waals surface area contributed by atoms with Gasteiger partial charge in [-0.3, -0.25) is 9.59 Å². The highest BCUT2D eigenvalue weighted by atomic mass is 35.5. The molecule has 1 unspecified atom stereocenters. The number of nitrogens with one attached hydrogen (secondary N) is 2. The molecule has 0 radical (unpaired) electrons. The van der Waals surface area contributed by atoms with Crippen molar-refractivity contribution in [2.45, 2.75) is 75.6 Å². The number of carbonyl (C=O) groups is 2. The van der Waals surface area contributed by atoms with Crippen LogP contribution in [0.3, 0.4) is 0 Å². The van der Waals surface area contributed by atoms with E-state index in [4.69, 9.17) is 16.3 Å². The molecule has 40 heavy (non-hydrogen) atoms. The Morgan fingerprint density at radius 2 is 1.70 bits per heavy atom. The van der Waals surface area contributed by atoms with Gasteiger partial charge in [-0.2, -0.15) is 26.3 Å². The third kappa shape index (κ3) is 6.91. The highest BCUT2D eigenvalue weighted by Crippen LogP contribution is 2.39. The largest absolute Gasteiger partial charge is 0.476 e. The van der Waals surface area contributed by atoms with E-state index >= 15 is 0 Å². The summed E-state index contributed by atoms with van der Waals surface area (Å²) in [5, 5.41) is 4.52. The normalized spacial score (nSPS) is 21.2. The summed E-state index contributed by atoms with van der Waals surface area (Å²) < 4.78 is 81.6. The van der Waals surface area contributed by atoms with E-state index < -0.39 is 41.9 Å². The Morgan fingerprint density at radius 3 is 2.23 bits per heavy atom. The number of nitrogens with zero attached hydrogens (tertiary/aromatic N) is 2. The van der Waals surface area contributed by atoms with E-state index in [1.54, 1.807) is 6.07 Å². The summed E-state index contributed by atoms with van der Waals surface area (Å²) in [5.74, 6) is -0.784. The maximum Gasteiger partial charge on any atom is 0.416 e. The summed E-state index contributed by atoms with van der Waals surface area (Å²) in [5.41, 5.74) is -2.34. The van der Waals surface area contributed by atoms with Crippen LogP contribution in [0.15, 0.2) is 36.5 Å². The van der Waals surface area contributed by atoms with Crippen molar-refractivity contribution in [1.29, 1.82) is 0 Å². The summed E-state index contributed by atoms with van der Waals surface area (Å²) in [6.45, 7) is 1.56. The Morgan fingerprint density at radius 1 is 1.05 bits per heavy atom. The first-order valence-electron chi connectivity index (χ1n) is 12.5. The van der Waals surface area contributed by atoms with Gasteiger partial charge in [0.1, 0.15) is 18.1 Å². The van der Waals surface area contributed by atoms with Crippen LogP contribution >= 0.6 is 11.6 Å². The van der Waals surface area contributed by atoms with E-state index in [-0.39, 0.29) is 34.5 Å². The zero-order valence-corrected chi connectivity index (χ0v) is 22.3. The zero-order valence-electron chi connectivity index (χ0n) is 21.5. The van der Waals surface area contributed by atoms with Crippen LogP contribution in [0.4, 0.5) is 32.2 Å². The molecule has 0 spiro atoms. The Balaban J connectivity index is 1.35. The minimum Gasteiger partial charge on any atom is -0.476 e. The summed E-state index contributed by atoms with van der Waals surface area (Å²) in [7, 11) is 0. The summed E-state index contributed by atoms with van der Waals surface area (Å²) in [6.07, 6.45) is -4.98. The van der Waals surface area contributed by atoms with Gasteiger partial charge in [-0.1, -0.05) is 11.6 Å². The first-order chi connectivity index (χ1) is 18.5. The number of ether oxygens (including phenoxy) is 1. The van der Waals surface area contributed by atoms with E-state index in [9.17, 15) is 35.9 Å². The average Bonchev–Trinajstić information content (AvgIpc) is 3.12. The highest BCUT2D eigenvalue weighted by molar-refractivity contribution is 6.32. The van der Waals surface area contributed by atoms with Crippen molar-refractivity contribution >= 4 is 29.2 Å². The molecule has 2 N–H and O–H groups in total. The van der Waals surface area contributed by atoms with E-state index in [2.05, 4.69) is 15.2 Å². The van der Waals surface area contributed by atoms with Gasteiger partial charge >= 0.3 is 12.4 Å². The fourth-order valence-corrected chi connectivity index (χ4v) is 5.28. The van der Waals surface area contributed by atoms with Gasteiger partial charge in [0.25, 0.3) is 11.8 Å². The number of halogens is 7. The van der Waals surface area contributed by atoms with Gasteiger partial charge < -0.3 is 20.3 Å². The number of fused-ring (bicyclic) bond motifs is 2. The van der Waals surface area contributed by atoms with Crippen LogP contribution in [0, 0.1) is 0 Å². The van der Waals surface area contributed by atoms with Crippen molar-refractivity contribution in [3.05, 3.63) is 52.7 Å². The molecule has 0 aliphatic carbocycles. The Labute approximate surface area is 231 Å². The second kappa shape index (κ2) is 11.0. The Bertz CT molecular complexity index is 1240. The third-order valence-corrected chi connectivity index (χ3v) is 7.26. The van der Waals surface area contributed by atoms with Crippen molar-refractivity contribution in [3.63, 3.8) is 0 Å². The molecule has 2 amide bonds. The van der Waals surface area contributed by atoms with Gasteiger partial charge in [-0.05, 0) is 69.9 Å².